The molecule has 0 aliphatic carbocycles. The molecule has 5 heteroatoms. The molecular weight excluding hydrogens is 318 g/mol. The molecule has 0 saturated heterocycles. The lowest BCUT2D eigenvalue weighted by Crippen LogP contribution is -2.10. The maximum Gasteiger partial charge on any atom is 0.170 e. The van der Waals surface area contributed by atoms with Crippen molar-refractivity contribution in [2.75, 3.05) is 20.3 Å². The SMILES string of the molecule is COc1cccc(C=NO)c1OCCOc1ccc2ccccc2c1. The molecule has 1 N–H and O–H groups in total. The van der Waals surface area contributed by atoms with Crippen LogP contribution in [0, 0.1) is 0 Å². The molecule has 0 bridgehead atoms. The molecule has 128 valence electrons. The van der Waals surface area contributed by atoms with Crippen LogP contribution < -0.4 is 14.2 Å². The summed E-state index contributed by atoms with van der Waals surface area (Å²) in [5.74, 6) is 1.88. The fraction of sp³-hybridized carbons (Fsp3) is 0.150. The van der Waals surface area contributed by atoms with Crippen molar-refractivity contribution in [1.82, 2.24) is 0 Å². The molecule has 0 atom stereocenters. The van der Waals surface area contributed by atoms with Gasteiger partial charge in [-0.1, -0.05) is 41.6 Å². The van der Waals surface area contributed by atoms with E-state index in [0.29, 0.717) is 30.3 Å². The molecule has 0 radical (unpaired) electrons. The molecular formula is C20H19NO4. The quantitative estimate of drug-likeness (QED) is 0.305. The second-order valence-electron chi connectivity index (χ2n) is 5.33. The topological polar surface area (TPSA) is 60.3 Å². The first-order valence-corrected chi connectivity index (χ1v) is 7.90. The standard InChI is InChI=1S/C20H19NO4/c1-23-19-8-4-7-17(14-21-22)20(19)25-12-11-24-18-10-9-15-5-2-3-6-16(15)13-18/h2-10,13-14,22H,11-12H2,1H3. The van der Waals surface area contributed by atoms with Gasteiger partial charge in [0.25, 0.3) is 0 Å². The number of nitrogens with zero attached hydrogens (tertiary/aromatic N) is 1. The van der Waals surface area contributed by atoms with E-state index in [1.54, 1.807) is 25.3 Å². The Morgan fingerprint density at radius 1 is 0.920 bits per heavy atom. The van der Waals surface area contributed by atoms with Gasteiger partial charge in [0.05, 0.1) is 13.3 Å². The zero-order valence-corrected chi connectivity index (χ0v) is 13.9. The highest BCUT2D eigenvalue weighted by Gasteiger charge is 2.09. The van der Waals surface area contributed by atoms with Crippen LogP contribution in [0.1, 0.15) is 5.56 Å². The van der Waals surface area contributed by atoms with Gasteiger partial charge in [0.2, 0.25) is 0 Å². The van der Waals surface area contributed by atoms with Crippen LogP contribution in [0.2, 0.25) is 0 Å². The number of methoxy groups -OCH3 is 1. The van der Waals surface area contributed by atoms with Crippen molar-refractivity contribution < 1.29 is 19.4 Å². The summed E-state index contributed by atoms with van der Waals surface area (Å²) in [6.45, 7) is 0.714. The van der Waals surface area contributed by atoms with Gasteiger partial charge in [-0.25, -0.2) is 0 Å². The summed E-state index contributed by atoms with van der Waals surface area (Å²) in [6, 6.07) is 19.5. The van der Waals surface area contributed by atoms with Gasteiger partial charge in [0.1, 0.15) is 19.0 Å². The predicted molar refractivity (Wildman–Crippen MR) is 97.3 cm³/mol. The van der Waals surface area contributed by atoms with Crippen LogP contribution in [0.15, 0.2) is 65.8 Å². The fourth-order valence-corrected chi connectivity index (χ4v) is 2.57. The number of rotatable bonds is 7. The van der Waals surface area contributed by atoms with Gasteiger partial charge in [-0.2, -0.15) is 0 Å². The first-order valence-electron chi connectivity index (χ1n) is 7.90. The molecule has 0 aromatic heterocycles. The van der Waals surface area contributed by atoms with E-state index in [4.69, 9.17) is 19.4 Å². The maximum atomic E-state index is 8.76. The number of hydrogen-bond donors (Lipinski definition) is 1. The van der Waals surface area contributed by atoms with Crippen molar-refractivity contribution >= 4 is 17.0 Å². The van der Waals surface area contributed by atoms with E-state index in [-0.39, 0.29) is 0 Å². The van der Waals surface area contributed by atoms with Crippen LogP contribution >= 0.6 is 0 Å². The third-order valence-electron chi connectivity index (χ3n) is 3.75. The summed E-state index contributed by atoms with van der Waals surface area (Å²) in [4.78, 5) is 0. The van der Waals surface area contributed by atoms with E-state index in [1.807, 2.05) is 36.4 Å². The van der Waals surface area contributed by atoms with Crippen molar-refractivity contribution in [3.8, 4) is 17.2 Å². The van der Waals surface area contributed by atoms with Gasteiger partial charge in [-0.15, -0.1) is 0 Å². The highest BCUT2D eigenvalue weighted by Crippen LogP contribution is 2.30. The van der Waals surface area contributed by atoms with Crippen molar-refractivity contribution in [3.63, 3.8) is 0 Å². The molecule has 0 aliphatic rings. The number of para-hydroxylation sites is 1. The summed E-state index contributed by atoms with van der Waals surface area (Å²) < 4.78 is 16.8. The van der Waals surface area contributed by atoms with Crippen LogP contribution in [0.5, 0.6) is 17.2 Å². The molecule has 0 heterocycles. The first kappa shape index (κ1) is 16.6. The van der Waals surface area contributed by atoms with E-state index >= 15 is 0 Å². The Hall–Kier alpha value is -3.21. The molecule has 3 aromatic carbocycles. The van der Waals surface area contributed by atoms with Gasteiger partial charge >= 0.3 is 0 Å². The number of fused-ring (bicyclic) bond motifs is 1. The zero-order valence-electron chi connectivity index (χ0n) is 13.9. The molecule has 0 saturated carbocycles. The molecule has 0 unspecified atom stereocenters. The Balaban J connectivity index is 1.63. The lowest BCUT2D eigenvalue weighted by atomic mass is 10.1. The van der Waals surface area contributed by atoms with E-state index in [2.05, 4.69) is 11.2 Å². The van der Waals surface area contributed by atoms with Crippen LogP contribution in [0.3, 0.4) is 0 Å². The van der Waals surface area contributed by atoms with E-state index in [0.717, 1.165) is 11.1 Å². The van der Waals surface area contributed by atoms with E-state index in [1.165, 1.54) is 11.6 Å². The smallest absolute Gasteiger partial charge is 0.170 e. The number of oxime groups is 1. The van der Waals surface area contributed by atoms with Crippen LogP contribution in [0.25, 0.3) is 10.8 Å². The minimum Gasteiger partial charge on any atom is -0.493 e. The minimum atomic E-state index is 0.333. The van der Waals surface area contributed by atoms with Gasteiger partial charge < -0.3 is 19.4 Å². The van der Waals surface area contributed by atoms with Gasteiger partial charge in [0.15, 0.2) is 11.5 Å². The van der Waals surface area contributed by atoms with E-state index < -0.39 is 0 Å². The normalized spacial score (nSPS) is 10.9. The third-order valence-corrected chi connectivity index (χ3v) is 3.75. The van der Waals surface area contributed by atoms with Crippen LogP contribution in [-0.2, 0) is 0 Å². The first-order chi connectivity index (χ1) is 12.3. The Morgan fingerprint density at radius 3 is 2.52 bits per heavy atom. The number of hydrogen-bond acceptors (Lipinski definition) is 5. The van der Waals surface area contributed by atoms with Gasteiger partial charge in [-0.3, -0.25) is 0 Å². The van der Waals surface area contributed by atoms with Gasteiger partial charge in [-0.05, 0) is 35.0 Å². The third kappa shape index (κ3) is 4.01. The second kappa shape index (κ2) is 8.06. The Labute approximate surface area is 146 Å². The monoisotopic (exact) mass is 337 g/mol. The molecule has 5 nitrogen and oxygen atoms in total. The maximum absolute atomic E-state index is 8.76. The second-order valence-corrected chi connectivity index (χ2v) is 5.33. The molecule has 0 fully saturated rings. The Bertz CT molecular complexity index is 876. The Kier molecular flexibility index (Phi) is 5.36. The summed E-state index contributed by atoms with van der Waals surface area (Å²) in [5.41, 5.74) is 0.632. The van der Waals surface area contributed by atoms with Crippen molar-refractivity contribution in [2.24, 2.45) is 5.16 Å². The van der Waals surface area contributed by atoms with Crippen LogP contribution in [0.4, 0.5) is 0 Å². The molecule has 3 aromatic rings. The molecule has 3 rings (SSSR count). The van der Waals surface area contributed by atoms with E-state index in [9.17, 15) is 0 Å². The van der Waals surface area contributed by atoms with Crippen molar-refractivity contribution in [3.05, 3.63) is 66.2 Å². The average molecular weight is 337 g/mol. The minimum absolute atomic E-state index is 0.333. The summed E-state index contributed by atoms with van der Waals surface area (Å²) in [6.07, 6.45) is 1.31. The zero-order chi connectivity index (χ0) is 17.5. The fourth-order valence-electron chi connectivity index (χ4n) is 2.57. The number of ether oxygens (including phenoxy) is 3. The summed E-state index contributed by atoms with van der Waals surface area (Å²) >= 11 is 0. The molecule has 0 amide bonds. The van der Waals surface area contributed by atoms with Crippen molar-refractivity contribution in [1.29, 1.82) is 0 Å². The Morgan fingerprint density at radius 2 is 1.72 bits per heavy atom. The van der Waals surface area contributed by atoms with Crippen LogP contribution in [-0.4, -0.2) is 31.7 Å². The lowest BCUT2D eigenvalue weighted by molar-refractivity contribution is 0.211. The largest absolute Gasteiger partial charge is 0.493 e. The lowest BCUT2D eigenvalue weighted by Gasteiger charge is -2.13. The summed E-state index contributed by atoms with van der Waals surface area (Å²) in [5, 5.41) is 14.1. The summed E-state index contributed by atoms with van der Waals surface area (Å²) in [7, 11) is 1.56. The highest BCUT2D eigenvalue weighted by molar-refractivity contribution is 5.85. The average Bonchev–Trinajstić information content (AvgIpc) is 2.66. The number of benzene rings is 3. The highest BCUT2D eigenvalue weighted by atomic mass is 16.5. The molecule has 0 spiro atoms. The van der Waals surface area contributed by atoms with Crippen molar-refractivity contribution in [2.45, 2.75) is 0 Å². The molecule has 25 heavy (non-hydrogen) atoms. The molecule has 0 aliphatic heterocycles. The predicted octanol–water partition coefficient (Wildman–Crippen LogP) is 4.11. The van der Waals surface area contributed by atoms with Gasteiger partial charge in [0, 0.05) is 5.56 Å².